The average molecular weight is 274 g/mol. The number of nitrogens with zero attached hydrogens (tertiary/aromatic N) is 2. The van der Waals surface area contributed by atoms with Crippen LogP contribution >= 0.6 is 0 Å². The average Bonchev–Trinajstić information content (AvgIpc) is 2.80. The Labute approximate surface area is 117 Å². The van der Waals surface area contributed by atoms with Crippen molar-refractivity contribution < 1.29 is 9.53 Å². The molecule has 6 nitrogen and oxygen atoms in total. The van der Waals surface area contributed by atoms with Crippen LogP contribution in [0.15, 0.2) is 24.4 Å². The topological polar surface area (TPSA) is 82.2 Å². The summed E-state index contributed by atoms with van der Waals surface area (Å²) in [5.41, 5.74) is 9.15. The van der Waals surface area contributed by atoms with Crippen LogP contribution in [0, 0.1) is 0 Å². The molecule has 3 N–H and O–H groups in total. The van der Waals surface area contributed by atoms with Crippen LogP contribution in [-0.4, -0.2) is 22.9 Å². The van der Waals surface area contributed by atoms with Crippen LogP contribution < -0.4 is 11.1 Å². The van der Waals surface area contributed by atoms with Gasteiger partial charge < -0.3 is 15.8 Å². The molecule has 0 aliphatic rings. The van der Waals surface area contributed by atoms with Gasteiger partial charge in [-0.15, -0.1) is 0 Å². The number of anilines is 3. The zero-order chi connectivity index (χ0) is 14.7. The lowest BCUT2D eigenvalue weighted by Crippen LogP contribution is -2.06. The minimum Gasteiger partial charge on any atom is -0.465 e. The van der Waals surface area contributed by atoms with Crippen LogP contribution in [-0.2, 0) is 18.2 Å². The molecule has 0 radical (unpaired) electrons. The van der Waals surface area contributed by atoms with Gasteiger partial charge in [0.15, 0.2) is 0 Å². The van der Waals surface area contributed by atoms with E-state index in [0.29, 0.717) is 11.3 Å². The number of carbonyl (C=O) groups is 1. The van der Waals surface area contributed by atoms with Gasteiger partial charge in [0, 0.05) is 24.6 Å². The lowest BCUT2D eigenvalue weighted by molar-refractivity contribution is 0.0602. The summed E-state index contributed by atoms with van der Waals surface area (Å²) < 4.78 is 6.46. The first kappa shape index (κ1) is 13.9. The number of benzene rings is 1. The Morgan fingerprint density at radius 3 is 2.90 bits per heavy atom. The molecule has 0 amide bonds. The fourth-order valence-electron chi connectivity index (χ4n) is 1.98. The molecule has 0 aliphatic heterocycles. The number of nitrogens with one attached hydrogen (secondary N) is 1. The van der Waals surface area contributed by atoms with Crippen molar-refractivity contribution in [1.29, 1.82) is 0 Å². The molecule has 0 fully saturated rings. The van der Waals surface area contributed by atoms with Crippen molar-refractivity contribution in [2.45, 2.75) is 13.3 Å². The predicted octanol–water partition coefficient (Wildman–Crippen LogP) is 2.09. The number of methoxy groups -OCH3 is 1. The van der Waals surface area contributed by atoms with Crippen molar-refractivity contribution in [1.82, 2.24) is 9.78 Å². The van der Waals surface area contributed by atoms with Crippen LogP contribution in [0.2, 0.25) is 0 Å². The predicted molar refractivity (Wildman–Crippen MR) is 78.1 cm³/mol. The van der Waals surface area contributed by atoms with Crippen molar-refractivity contribution in [3.8, 4) is 0 Å². The molecule has 20 heavy (non-hydrogen) atoms. The fourth-order valence-corrected chi connectivity index (χ4v) is 1.98. The number of ether oxygens (including phenoxy) is 1. The Morgan fingerprint density at radius 2 is 2.25 bits per heavy atom. The van der Waals surface area contributed by atoms with E-state index in [4.69, 9.17) is 10.5 Å². The molecule has 0 bridgehead atoms. The largest absolute Gasteiger partial charge is 0.465 e. The zero-order valence-electron chi connectivity index (χ0n) is 11.8. The van der Waals surface area contributed by atoms with Gasteiger partial charge in [0.2, 0.25) is 0 Å². The third-order valence-electron chi connectivity index (χ3n) is 2.98. The third-order valence-corrected chi connectivity index (χ3v) is 2.98. The lowest BCUT2D eigenvalue weighted by atomic mass is 10.1. The minimum atomic E-state index is -0.451. The summed E-state index contributed by atoms with van der Waals surface area (Å²) in [5.74, 6) is -0.451. The van der Waals surface area contributed by atoms with E-state index in [9.17, 15) is 4.79 Å². The Kier molecular flexibility index (Phi) is 3.93. The van der Waals surface area contributed by atoms with E-state index < -0.39 is 5.97 Å². The number of hydrogen-bond donors (Lipinski definition) is 2. The molecule has 0 saturated carbocycles. The highest BCUT2D eigenvalue weighted by molar-refractivity contribution is 5.96. The smallest absolute Gasteiger partial charge is 0.340 e. The Hall–Kier alpha value is -2.50. The number of nitrogens with two attached hydrogens (primary N) is 1. The van der Waals surface area contributed by atoms with Gasteiger partial charge in [0.25, 0.3) is 0 Å². The molecular weight excluding hydrogens is 256 g/mol. The van der Waals surface area contributed by atoms with Gasteiger partial charge in [0.05, 0.1) is 24.1 Å². The van der Waals surface area contributed by atoms with E-state index in [-0.39, 0.29) is 0 Å². The van der Waals surface area contributed by atoms with Gasteiger partial charge >= 0.3 is 5.97 Å². The Morgan fingerprint density at radius 1 is 1.50 bits per heavy atom. The van der Waals surface area contributed by atoms with Crippen LogP contribution in [0.5, 0.6) is 0 Å². The molecule has 0 spiro atoms. The number of nitrogen functional groups attached to an aromatic ring is 1. The summed E-state index contributed by atoms with van der Waals surface area (Å²) >= 11 is 0. The second kappa shape index (κ2) is 5.64. The van der Waals surface area contributed by atoms with Crippen molar-refractivity contribution >= 4 is 23.0 Å². The van der Waals surface area contributed by atoms with E-state index in [1.807, 2.05) is 26.2 Å². The Bertz CT molecular complexity index is 634. The van der Waals surface area contributed by atoms with E-state index in [0.717, 1.165) is 23.5 Å². The molecule has 0 atom stereocenters. The number of aryl methyl sites for hydroxylation is 2. The summed E-state index contributed by atoms with van der Waals surface area (Å²) in [6, 6.07) is 5.17. The molecular formula is C14H18N4O2. The minimum absolute atomic E-state index is 0.347. The fraction of sp³-hybridized carbons (Fsp3) is 0.286. The monoisotopic (exact) mass is 274 g/mol. The quantitative estimate of drug-likeness (QED) is 0.659. The maximum absolute atomic E-state index is 11.6. The molecule has 0 unspecified atom stereocenters. The maximum atomic E-state index is 11.6. The maximum Gasteiger partial charge on any atom is 0.340 e. The normalized spacial score (nSPS) is 10.3. The second-order valence-electron chi connectivity index (χ2n) is 4.44. The van der Waals surface area contributed by atoms with Crippen molar-refractivity contribution in [3.05, 3.63) is 35.7 Å². The molecule has 1 aromatic heterocycles. The highest BCUT2D eigenvalue weighted by atomic mass is 16.5. The third kappa shape index (κ3) is 2.74. The summed E-state index contributed by atoms with van der Waals surface area (Å²) in [6.45, 7) is 2.04. The van der Waals surface area contributed by atoms with Crippen LogP contribution in [0.25, 0.3) is 0 Å². The van der Waals surface area contributed by atoms with Gasteiger partial charge in [-0.05, 0) is 24.6 Å². The molecule has 0 aliphatic carbocycles. The second-order valence-corrected chi connectivity index (χ2v) is 4.44. The van der Waals surface area contributed by atoms with E-state index >= 15 is 0 Å². The number of carbonyl (C=O) groups excluding carboxylic acids is 1. The number of rotatable bonds is 4. The molecule has 6 heteroatoms. The van der Waals surface area contributed by atoms with Gasteiger partial charge in [-0.1, -0.05) is 6.92 Å². The first-order valence-corrected chi connectivity index (χ1v) is 6.32. The molecule has 1 heterocycles. The summed E-state index contributed by atoms with van der Waals surface area (Å²) in [6.07, 6.45) is 2.72. The van der Waals surface area contributed by atoms with E-state index in [2.05, 4.69) is 10.4 Å². The van der Waals surface area contributed by atoms with Crippen molar-refractivity contribution in [3.63, 3.8) is 0 Å². The summed E-state index contributed by atoms with van der Waals surface area (Å²) in [4.78, 5) is 11.6. The number of hydrogen-bond acceptors (Lipinski definition) is 5. The molecule has 1 aromatic carbocycles. The lowest BCUT2D eigenvalue weighted by Gasteiger charge is -2.09. The first-order chi connectivity index (χ1) is 9.55. The van der Waals surface area contributed by atoms with Crippen LogP contribution in [0.4, 0.5) is 17.1 Å². The summed E-state index contributed by atoms with van der Waals surface area (Å²) in [7, 11) is 3.20. The Balaban J connectivity index is 2.32. The SMILES string of the molecule is CCc1nn(C)cc1Nc1ccc(N)c(C(=O)OC)c1. The molecule has 106 valence electrons. The van der Waals surface area contributed by atoms with E-state index in [1.165, 1.54) is 7.11 Å². The van der Waals surface area contributed by atoms with Crippen LogP contribution in [0.3, 0.4) is 0 Å². The zero-order valence-corrected chi connectivity index (χ0v) is 11.8. The highest BCUT2D eigenvalue weighted by Crippen LogP contribution is 2.24. The van der Waals surface area contributed by atoms with E-state index in [1.54, 1.807) is 16.8 Å². The first-order valence-electron chi connectivity index (χ1n) is 6.32. The van der Waals surface area contributed by atoms with Crippen LogP contribution in [0.1, 0.15) is 23.0 Å². The summed E-state index contributed by atoms with van der Waals surface area (Å²) in [5, 5.41) is 7.60. The van der Waals surface area contributed by atoms with Gasteiger partial charge in [-0.25, -0.2) is 4.79 Å². The molecule has 0 saturated heterocycles. The van der Waals surface area contributed by atoms with Gasteiger partial charge in [-0.2, -0.15) is 5.10 Å². The number of aromatic nitrogens is 2. The van der Waals surface area contributed by atoms with Crippen molar-refractivity contribution in [2.75, 3.05) is 18.2 Å². The van der Waals surface area contributed by atoms with Crippen molar-refractivity contribution in [2.24, 2.45) is 7.05 Å². The standard InChI is InChI=1S/C14H18N4O2/c1-4-12-13(8-18(2)17-12)16-9-5-6-11(15)10(7-9)14(19)20-3/h5-8,16H,4,15H2,1-3H3. The molecule has 2 aromatic rings. The molecule has 2 rings (SSSR count). The highest BCUT2D eigenvalue weighted by Gasteiger charge is 2.12. The number of esters is 1. The van der Waals surface area contributed by atoms with Gasteiger partial charge in [-0.3, -0.25) is 4.68 Å². The van der Waals surface area contributed by atoms with Gasteiger partial charge in [0.1, 0.15) is 0 Å².